The Bertz CT molecular complexity index is 693. The fourth-order valence-corrected chi connectivity index (χ4v) is 3.14. The number of rotatable bonds is 6. The maximum atomic E-state index is 12.1. The Labute approximate surface area is 148 Å². The largest absolute Gasteiger partial charge is 0.376 e. The van der Waals surface area contributed by atoms with Crippen LogP contribution in [0, 0.1) is 6.92 Å². The van der Waals surface area contributed by atoms with Crippen LogP contribution >= 0.6 is 0 Å². The molecule has 1 fully saturated rings. The van der Waals surface area contributed by atoms with E-state index in [2.05, 4.69) is 21.8 Å². The summed E-state index contributed by atoms with van der Waals surface area (Å²) in [4.78, 5) is 12.1. The highest BCUT2D eigenvalue weighted by Gasteiger charge is 2.17. The van der Waals surface area contributed by atoms with Crippen molar-refractivity contribution >= 4 is 6.03 Å². The van der Waals surface area contributed by atoms with Gasteiger partial charge in [-0.3, -0.25) is 0 Å². The van der Waals surface area contributed by atoms with E-state index in [1.165, 1.54) is 0 Å². The van der Waals surface area contributed by atoms with Crippen LogP contribution in [0.1, 0.15) is 31.2 Å². The van der Waals surface area contributed by atoms with Crippen molar-refractivity contribution in [1.82, 2.24) is 20.4 Å². The van der Waals surface area contributed by atoms with E-state index in [4.69, 9.17) is 4.74 Å². The van der Waals surface area contributed by atoms with Gasteiger partial charge in [0.05, 0.1) is 17.5 Å². The third kappa shape index (κ3) is 4.82. The summed E-state index contributed by atoms with van der Waals surface area (Å²) in [6.07, 6.45) is 2.96. The molecule has 0 bridgehead atoms. The highest BCUT2D eigenvalue weighted by Crippen LogP contribution is 2.14. The van der Waals surface area contributed by atoms with Crippen molar-refractivity contribution in [3.05, 3.63) is 47.8 Å². The Kier molecular flexibility index (Phi) is 5.71. The zero-order valence-electron chi connectivity index (χ0n) is 14.9. The van der Waals surface area contributed by atoms with Crippen LogP contribution in [0.4, 0.5) is 4.79 Å². The SMILES string of the molecule is Cc1cc(CC(C)NC(=O)NCC2CCCO2)n(-c2ccccc2)n1. The number of aromatic nitrogens is 2. The van der Waals surface area contributed by atoms with E-state index < -0.39 is 0 Å². The van der Waals surface area contributed by atoms with E-state index in [-0.39, 0.29) is 18.2 Å². The zero-order chi connectivity index (χ0) is 17.6. The predicted octanol–water partition coefficient (Wildman–Crippen LogP) is 2.59. The fraction of sp³-hybridized carbons (Fsp3) is 0.474. The molecule has 2 aromatic rings. The number of carbonyl (C=O) groups is 1. The molecule has 2 amide bonds. The normalized spacial score (nSPS) is 18.1. The molecule has 3 rings (SSSR count). The highest BCUT2D eigenvalue weighted by atomic mass is 16.5. The van der Waals surface area contributed by atoms with Crippen molar-refractivity contribution in [2.75, 3.05) is 13.2 Å². The van der Waals surface area contributed by atoms with Crippen LogP contribution in [0.15, 0.2) is 36.4 Å². The van der Waals surface area contributed by atoms with Crippen LogP contribution in [0.25, 0.3) is 5.69 Å². The number of urea groups is 1. The Hall–Kier alpha value is -2.34. The Morgan fingerprint density at radius 2 is 2.20 bits per heavy atom. The monoisotopic (exact) mass is 342 g/mol. The number of hydrogen-bond acceptors (Lipinski definition) is 3. The second-order valence-electron chi connectivity index (χ2n) is 6.62. The minimum Gasteiger partial charge on any atom is -0.376 e. The Morgan fingerprint density at radius 3 is 2.92 bits per heavy atom. The standard InChI is InChI=1S/C19H26N4O2/c1-14(21-19(24)20-13-18-9-6-10-25-18)11-17-12-15(2)22-23(17)16-7-4-3-5-8-16/h3-5,7-8,12,14,18H,6,9-11,13H2,1-2H3,(H2,20,21,24). The van der Waals surface area contributed by atoms with Gasteiger partial charge in [0.1, 0.15) is 0 Å². The molecule has 2 heterocycles. The zero-order valence-corrected chi connectivity index (χ0v) is 14.9. The van der Waals surface area contributed by atoms with Gasteiger partial charge in [0.2, 0.25) is 0 Å². The minimum absolute atomic E-state index is 0.00283. The van der Waals surface area contributed by atoms with Crippen molar-refractivity contribution in [2.45, 2.75) is 45.3 Å². The molecule has 25 heavy (non-hydrogen) atoms. The molecular formula is C19H26N4O2. The molecule has 2 N–H and O–H groups in total. The molecule has 6 nitrogen and oxygen atoms in total. The maximum absolute atomic E-state index is 12.1. The molecule has 134 valence electrons. The quantitative estimate of drug-likeness (QED) is 0.848. The molecule has 2 atom stereocenters. The smallest absolute Gasteiger partial charge is 0.315 e. The van der Waals surface area contributed by atoms with E-state index in [1.807, 2.05) is 48.9 Å². The molecular weight excluding hydrogens is 316 g/mol. The van der Waals surface area contributed by atoms with Gasteiger partial charge in [-0.2, -0.15) is 5.10 Å². The van der Waals surface area contributed by atoms with Crippen LogP contribution in [-0.2, 0) is 11.2 Å². The average molecular weight is 342 g/mol. The molecule has 0 spiro atoms. The molecule has 1 aromatic heterocycles. The maximum Gasteiger partial charge on any atom is 0.315 e. The molecule has 0 saturated carbocycles. The lowest BCUT2D eigenvalue weighted by molar-refractivity contribution is 0.111. The van der Waals surface area contributed by atoms with Crippen LogP contribution in [0.3, 0.4) is 0 Å². The Morgan fingerprint density at radius 1 is 1.40 bits per heavy atom. The summed E-state index contributed by atoms with van der Waals surface area (Å²) >= 11 is 0. The molecule has 1 aliphatic heterocycles. The van der Waals surface area contributed by atoms with Crippen LogP contribution in [0.2, 0.25) is 0 Å². The third-order valence-electron chi connectivity index (χ3n) is 4.31. The molecule has 1 aromatic carbocycles. The number of nitrogens with one attached hydrogen (secondary N) is 2. The second-order valence-corrected chi connectivity index (χ2v) is 6.62. The van der Waals surface area contributed by atoms with E-state index >= 15 is 0 Å². The van der Waals surface area contributed by atoms with Crippen molar-refractivity contribution in [1.29, 1.82) is 0 Å². The van der Waals surface area contributed by atoms with Crippen molar-refractivity contribution in [3.8, 4) is 5.69 Å². The van der Waals surface area contributed by atoms with E-state index in [9.17, 15) is 4.79 Å². The molecule has 2 unspecified atom stereocenters. The van der Waals surface area contributed by atoms with Gasteiger partial charge < -0.3 is 15.4 Å². The average Bonchev–Trinajstić information content (AvgIpc) is 3.23. The number of nitrogens with zero attached hydrogens (tertiary/aromatic N) is 2. The van der Waals surface area contributed by atoms with Gasteiger partial charge in [-0.05, 0) is 44.9 Å². The number of para-hydroxylation sites is 1. The lowest BCUT2D eigenvalue weighted by atomic mass is 10.1. The minimum atomic E-state index is -0.148. The highest BCUT2D eigenvalue weighted by molar-refractivity contribution is 5.74. The Balaban J connectivity index is 1.55. The topological polar surface area (TPSA) is 68.2 Å². The summed E-state index contributed by atoms with van der Waals surface area (Å²) < 4.78 is 7.46. The summed E-state index contributed by atoms with van der Waals surface area (Å²) in [5, 5.41) is 10.5. The van der Waals surface area contributed by atoms with Gasteiger partial charge in [0.25, 0.3) is 0 Å². The number of amides is 2. The van der Waals surface area contributed by atoms with E-state index in [0.29, 0.717) is 13.0 Å². The third-order valence-corrected chi connectivity index (χ3v) is 4.31. The number of carbonyl (C=O) groups excluding carboxylic acids is 1. The second kappa shape index (κ2) is 8.16. The van der Waals surface area contributed by atoms with Gasteiger partial charge in [0.15, 0.2) is 0 Å². The van der Waals surface area contributed by atoms with Crippen LogP contribution in [0.5, 0.6) is 0 Å². The summed E-state index contributed by atoms with van der Waals surface area (Å²) in [6.45, 7) is 5.35. The fourth-order valence-electron chi connectivity index (χ4n) is 3.14. The first kappa shape index (κ1) is 17.5. The lowest BCUT2D eigenvalue weighted by Crippen LogP contribution is -2.44. The number of aryl methyl sites for hydroxylation is 1. The summed E-state index contributed by atoms with van der Waals surface area (Å²) in [6, 6.07) is 12.0. The van der Waals surface area contributed by atoms with Crippen molar-refractivity contribution in [2.24, 2.45) is 0 Å². The number of hydrogen-bond donors (Lipinski definition) is 2. The van der Waals surface area contributed by atoms with Gasteiger partial charge in [-0.15, -0.1) is 0 Å². The van der Waals surface area contributed by atoms with Crippen molar-refractivity contribution in [3.63, 3.8) is 0 Å². The van der Waals surface area contributed by atoms with Gasteiger partial charge in [-0.25, -0.2) is 9.48 Å². The first-order chi connectivity index (χ1) is 12.1. The molecule has 1 saturated heterocycles. The van der Waals surface area contributed by atoms with Gasteiger partial charge in [-0.1, -0.05) is 18.2 Å². The predicted molar refractivity (Wildman–Crippen MR) is 97.0 cm³/mol. The molecule has 0 radical (unpaired) electrons. The molecule has 0 aliphatic carbocycles. The molecule has 6 heteroatoms. The number of ether oxygens (including phenoxy) is 1. The van der Waals surface area contributed by atoms with Crippen LogP contribution in [-0.4, -0.2) is 41.1 Å². The van der Waals surface area contributed by atoms with Gasteiger partial charge >= 0.3 is 6.03 Å². The summed E-state index contributed by atoms with van der Waals surface area (Å²) in [7, 11) is 0. The first-order valence-corrected chi connectivity index (χ1v) is 8.89. The van der Waals surface area contributed by atoms with E-state index in [1.54, 1.807) is 0 Å². The molecule has 1 aliphatic rings. The lowest BCUT2D eigenvalue weighted by Gasteiger charge is -2.17. The summed E-state index contributed by atoms with van der Waals surface area (Å²) in [5.41, 5.74) is 3.07. The van der Waals surface area contributed by atoms with E-state index in [0.717, 1.165) is 36.5 Å². The number of benzene rings is 1. The van der Waals surface area contributed by atoms with Crippen LogP contribution < -0.4 is 10.6 Å². The first-order valence-electron chi connectivity index (χ1n) is 8.89. The van der Waals surface area contributed by atoms with Gasteiger partial charge in [0, 0.05) is 31.3 Å². The van der Waals surface area contributed by atoms with Crippen molar-refractivity contribution < 1.29 is 9.53 Å². The summed E-state index contributed by atoms with van der Waals surface area (Å²) in [5.74, 6) is 0.